The fraction of sp³-hybridized carbons (Fsp3) is 0.524. The SMILES string of the molecule is CCCCCOc1ccc(N2C(=O)[C@@H]3[C@@H](C2=O)[C@H]2C=C[C@@H]3CC2)cc1. The second-order valence-corrected chi connectivity index (χ2v) is 7.40. The van der Waals surface area contributed by atoms with Crippen LogP contribution in [0.4, 0.5) is 5.69 Å². The van der Waals surface area contributed by atoms with Crippen LogP contribution in [0, 0.1) is 23.7 Å². The molecule has 0 unspecified atom stereocenters. The fourth-order valence-electron chi connectivity index (χ4n) is 4.56. The third-order valence-electron chi connectivity index (χ3n) is 5.87. The smallest absolute Gasteiger partial charge is 0.238 e. The Morgan fingerprint density at radius 2 is 1.56 bits per heavy atom. The van der Waals surface area contributed by atoms with E-state index < -0.39 is 0 Å². The number of carbonyl (C=O) groups excluding carboxylic acids is 2. The molecule has 0 aromatic heterocycles. The minimum Gasteiger partial charge on any atom is -0.494 e. The van der Waals surface area contributed by atoms with Crippen LogP contribution >= 0.6 is 0 Å². The van der Waals surface area contributed by atoms with Gasteiger partial charge in [-0.2, -0.15) is 0 Å². The largest absolute Gasteiger partial charge is 0.494 e. The third kappa shape index (κ3) is 2.78. The van der Waals surface area contributed by atoms with Crippen LogP contribution in [0.25, 0.3) is 0 Å². The van der Waals surface area contributed by atoms with Crippen molar-refractivity contribution in [3.05, 3.63) is 36.4 Å². The molecule has 2 fully saturated rings. The molecule has 4 nitrogen and oxygen atoms in total. The molecule has 3 aliphatic carbocycles. The Labute approximate surface area is 148 Å². The van der Waals surface area contributed by atoms with E-state index >= 15 is 0 Å². The van der Waals surface area contributed by atoms with Crippen LogP contribution in [0.2, 0.25) is 0 Å². The topological polar surface area (TPSA) is 46.6 Å². The Morgan fingerprint density at radius 1 is 0.960 bits per heavy atom. The monoisotopic (exact) mass is 339 g/mol. The Kier molecular flexibility index (Phi) is 4.36. The van der Waals surface area contributed by atoms with E-state index in [2.05, 4.69) is 19.1 Å². The maximum atomic E-state index is 12.9. The van der Waals surface area contributed by atoms with E-state index in [1.165, 1.54) is 11.3 Å². The number of amides is 2. The van der Waals surface area contributed by atoms with Crippen molar-refractivity contribution in [2.75, 3.05) is 11.5 Å². The third-order valence-corrected chi connectivity index (χ3v) is 5.87. The van der Waals surface area contributed by atoms with Gasteiger partial charge in [0, 0.05) is 0 Å². The van der Waals surface area contributed by atoms with Gasteiger partial charge in [-0.25, -0.2) is 0 Å². The number of nitrogens with zero attached hydrogens (tertiary/aromatic N) is 1. The van der Waals surface area contributed by atoms with Gasteiger partial charge in [0.05, 0.1) is 24.1 Å². The van der Waals surface area contributed by atoms with Crippen LogP contribution in [0.1, 0.15) is 39.0 Å². The van der Waals surface area contributed by atoms with Gasteiger partial charge >= 0.3 is 0 Å². The lowest BCUT2D eigenvalue weighted by Crippen LogP contribution is -2.38. The molecule has 5 rings (SSSR count). The van der Waals surface area contributed by atoms with Gasteiger partial charge in [0.25, 0.3) is 0 Å². The zero-order chi connectivity index (χ0) is 17.4. The highest BCUT2D eigenvalue weighted by molar-refractivity contribution is 6.22. The fourth-order valence-corrected chi connectivity index (χ4v) is 4.56. The number of imide groups is 1. The van der Waals surface area contributed by atoms with Crippen molar-refractivity contribution in [2.45, 2.75) is 39.0 Å². The number of allylic oxidation sites excluding steroid dienone is 2. The highest BCUT2D eigenvalue weighted by atomic mass is 16.5. The minimum atomic E-state index is -0.152. The summed E-state index contributed by atoms with van der Waals surface area (Å²) in [6.07, 6.45) is 9.73. The number of carbonyl (C=O) groups is 2. The summed E-state index contributed by atoms with van der Waals surface area (Å²) < 4.78 is 5.72. The van der Waals surface area contributed by atoms with Crippen molar-refractivity contribution >= 4 is 17.5 Å². The number of benzene rings is 1. The maximum Gasteiger partial charge on any atom is 0.238 e. The number of hydrogen-bond donors (Lipinski definition) is 0. The van der Waals surface area contributed by atoms with Crippen molar-refractivity contribution < 1.29 is 14.3 Å². The molecule has 0 N–H and O–H groups in total. The zero-order valence-electron chi connectivity index (χ0n) is 14.7. The second kappa shape index (κ2) is 6.66. The number of anilines is 1. The Bertz CT molecular complexity index is 662. The van der Waals surface area contributed by atoms with Gasteiger partial charge in [-0.1, -0.05) is 31.9 Å². The van der Waals surface area contributed by atoms with Gasteiger partial charge in [0.2, 0.25) is 11.8 Å². The molecule has 0 spiro atoms. The molecule has 132 valence electrons. The van der Waals surface area contributed by atoms with Crippen molar-refractivity contribution in [1.82, 2.24) is 0 Å². The molecule has 4 heteroatoms. The summed E-state index contributed by atoms with van der Waals surface area (Å²) >= 11 is 0. The van der Waals surface area contributed by atoms with Crippen molar-refractivity contribution in [3.8, 4) is 5.75 Å². The van der Waals surface area contributed by atoms with Gasteiger partial charge in [0.1, 0.15) is 5.75 Å². The van der Waals surface area contributed by atoms with Gasteiger partial charge in [-0.05, 0) is 55.4 Å². The molecule has 1 saturated carbocycles. The summed E-state index contributed by atoms with van der Waals surface area (Å²) in [5, 5.41) is 0. The van der Waals surface area contributed by atoms with Gasteiger partial charge in [-0.15, -0.1) is 0 Å². The summed E-state index contributed by atoms with van der Waals surface area (Å²) in [6, 6.07) is 7.38. The standard InChI is InChI=1S/C21H25NO3/c1-2-3-4-13-25-17-11-9-16(10-12-17)22-20(23)18-14-5-6-15(8-7-14)19(18)21(22)24/h5-6,9-12,14-15,18-19H,2-4,7-8,13H2,1H3/t14-,15+,18-,19-/m0/s1. The van der Waals surface area contributed by atoms with Crippen LogP contribution < -0.4 is 9.64 Å². The molecule has 1 heterocycles. The maximum absolute atomic E-state index is 12.9. The Hall–Kier alpha value is -2.10. The molecule has 4 aliphatic rings. The second-order valence-electron chi connectivity index (χ2n) is 7.40. The van der Waals surface area contributed by atoms with E-state index in [1.54, 1.807) is 0 Å². The lowest BCUT2D eigenvalue weighted by molar-refractivity contribution is -0.124. The average Bonchev–Trinajstić information content (AvgIpc) is 2.94. The molecule has 4 atom stereocenters. The molecule has 0 radical (unpaired) electrons. The van der Waals surface area contributed by atoms with E-state index in [0.717, 1.165) is 31.4 Å². The van der Waals surface area contributed by atoms with E-state index in [1.807, 2.05) is 24.3 Å². The molecule has 1 saturated heterocycles. The number of rotatable bonds is 6. The molecule has 1 aromatic rings. The van der Waals surface area contributed by atoms with Crippen LogP contribution in [-0.2, 0) is 9.59 Å². The van der Waals surface area contributed by atoms with Gasteiger partial charge in [-0.3, -0.25) is 14.5 Å². The molecule has 1 aromatic carbocycles. The molecule has 2 amide bonds. The molecular weight excluding hydrogens is 314 g/mol. The van der Waals surface area contributed by atoms with E-state index in [0.29, 0.717) is 12.3 Å². The lowest BCUT2D eigenvalue weighted by atomic mass is 9.63. The summed E-state index contributed by atoms with van der Waals surface area (Å²) in [7, 11) is 0. The predicted molar refractivity (Wildman–Crippen MR) is 96.3 cm³/mol. The van der Waals surface area contributed by atoms with Crippen LogP contribution in [0.15, 0.2) is 36.4 Å². The normalized spacial score (nSPS) is 30.0. The van der Waals surface area contributed by atoms with Crippen molar-refractivity contribution in [2.24, 2.45) is 23.7 Å². The average molecular weight is 339 g/mol. The van der Waals surface area contributed by atoms with Crippen molar-refractivity contribution in [3.63, 3.8) is 0 Å². The van der Waals surface area contributed by atoms with Crippen LogP contribution in [0.5, 0.6) is 5.75 Å². The Balaban J connectivity index is 1.49. The number of unbranched alkanes of at least 4 members (excludes halogenated alkanes) is 2. The molecule has 25 heavy (non-hydrogen) atoms. The lowest BCUT2D eigenvalue weighted by Gasteiger charge is -2.38. The van der Waals surface area contributed by atoms with Crippen LogP contribution in [-0.4, -0.2) is 18.4 Å². The number of fused-ring (bicyclic) bond motifs is 1. The Morgan fingerprint density at radius 3 is 2.08 bits per heavy atom. The predicted octanol–water partition coefficient (Wildman–Crippen LogP) is 3.96. The summed E-state index contributed by atoms with van der Waals surface area (Å²) in [4.78, 5) is 27.2. The summed E-state index contributed by atoms with van der Waals surface area (Å²) in [5.41, 5.74) is 0.671. The highest BCUT2D eigenvalue weighted by Crippen LogP contribution is 2.50. The molecule has 2 bridgehead atoms. The zero-order valence-corrected chi connectivity index (χ0v) is 14.7. The van der Waals surface area contributed by atoms with Crippen LogP contribution in [0.3, 0.4) is 0 Å². The van der Waals surface area contributed by atoms with E-state index in [4.69, 9.17) is 4.74 Å². The molecule has 1 aliphatic heterocycles. The summed E-state index contributed by atoms with van der Waals surface area (Å²) in [5.74, 6) is 0.909. The van der Waals surface area contributed by atoms with Gasteiger partial charge < -0.3 is 4.74 Å². The van der Waals surface area contributed by atoms with Gasteiger partial charge in [0.15, 0.2) is 0 Å². The molecular formula is C21H25NO3. The quantitative estimate of drug-likeness (QED) is 0.448. The van der Waals surface area contributed by atoms with E-state index in [9.17, 15) is 9.59 Å². The number of hydrogen-bond acceptors (Lipinski definition) is 3. The first-order valence-electron chi connectivity index (χ1n) is 9.49. The van der Waals surface area contributed by atoms with Crippen molar-refractivity contribution in [1.29, 1.82) is 0 Å². The first-order valence-corrected chi connectivity index (χ1v) is 9.49. The van der Waals surface area contributed by atoms with E-state index in [-0.39, 0.29) is 35.5 Å². The summed E-state index contributed by atoms with van der Waals surface area (Å²) in [6.45, 7) is 2.87. The highest BCUT2D eigenvalue weighted by Gasteiger charge is 2.56. The number of ether oxygens (including phenoxy) is 1. The first-order chi connectivity index (χ1) is 12.2. The first kappa shape index (κ1) is 16.4. The minimum absolute atomic E-state index is 0.0225.